The molecular weight excluding hydrogens is 198 g/mol. The molecule has 2 fully saturated rings. The minimum Gasteiger partial charge on any atom is -0.370 e. The average Bonchev–Trinajstić information content (AvgIpc) is 2.87. The number of hydrogen-bond donors (Lipinski definition) is 1. The van der Waals surface area contributed by atoms with Crippen LogP contribution < -0.4 is 5.32 Å². The van der Waals surface area contributed by atoms with E-state index in [1.165, 1.54) is 38.5 Å². The van der Waals surface area contributed by atoms with Crippen molar-refractivity contribution in [1.82, 2.24) is 5.32 Å². The van der Waals surface area contributed by atoms with E-state index < -0.39 is 0 Å². The lowest BCUT2D eigenvalue weighted by atomic mass is 9.98. The Bertz CT molecular complexity index is 284. The molecule has 1 aliphatic heterocycles. The molecule has 1 aliphatic carbocycles. The summed E-state index contributed by atoms with van der Waals surface area (Å²) in [6, 6.07) is 0. The molecule has 1 N–H and O–H groups in total. The first-order chi connectivity index (χ1) is 7.55. The summed E-state index contributed by atoms with van der Waals surface area (Å²) < 4.78 is 6.22. The van der Waals surface area contributed by atoms with Gasteiger partial charge in [0.15, 0.2) is 0 Å². The lowest BCUT2D eigenvalue weighted by Gasteiger charge is -2.26. The quantitative estimate of drug-likeness (QED) is 0.739. The van der Waals surface area contributed by atoms with Crippen molar-refractivity contribution in [3.63, 3.8) is 0 Å². The Balaban J connectivity index is 1.79. The lowest BCUT2D eigenvalue weighted by molar-refractivity contribution is -0.0363. The van der Waals surface area contributed by atoms with Crippen LogP contribution in [0.1, 0.15) is 52.4 Å². The topological polar surface area (TPSA) is 21.3 Å². The number of terminal acetylenes is 1. The Hall–Kier alpha value is -0.520. The second-order valence-electron chi connectivity index (χ2n) is 5.82. The van der Waals surface area contributed by atoms with Gasteiger partial charge in [-0.05, 0) is 39.5 Å². The van der Waals surface area contributed by atoms with Gasteiger partial charge in [0.05, 0.1) is 17.2 Å². The normalized spacial score (nSPS) is 28.4. The standard InChI is InChI=1S/C14H23NO/c1-4-13(2,3)15-11-12-7-10-14(16-12)8-5-6-9-14/h1,12,15H,5-11H2,2-3H3. The fraction of sp³-hybridized carbons (Fsp3) is 0.857. The van der Waals surface area contributed by atoms with E-state index in [0.717, 1.165) is 6.54 Å². The molecule has 0 aromatic rings. The van der Waals surface area contributed by atoms with Gasteiger partial charge in [0.2, 0.25) is 0 Å². The highest BCUT2D eigenvalue weighted by atomic mass is 16.5. The van der Waals surface area contributed by atoms with E-state index in [-0.39, 0.29) is 11.1 Å². The fourth-order valence-electron chi connectivity index (χ4n) is 2.85. The molecule has 1 saturated carbocycles. The molecule has 1 heterocycles. The molecule has 1 spiro atoms. The first kappa shape index (κ1) is 12.0. The number of hydrogen-bond acceptors (Lipinski definition) is 2. The third-order valence-electron chi connectivity index (χ3n) is 3.99. The van der Waals surface area contributed by atoms with E-state index >= 15 is 0 Å². The maximum absolute atomic E-state index is 6.22. The lowest BCUT2D eigenvalue weighted by Crippen LogP contribution is -2.42. The molecule has 1 saturated heterocycles. The van der Waals surface area contributed by atoms with Gasteiger partial charge in [0, 0.05) is 6.54 Å². The Labute approximate surface area is 99.1 Å². The van der Waals surface area contributed by atoms with Crippen LogP contribution in [0.15, 0.2) is 0 Å². The predicted octanol–water partition coefficient (Wildman–Crippen LogP) is 2.48. The highest BCUT2D eigenvalue weighted by molar-refractivity contribution is 5.07. The zero-order valence-electron chi connectivity index (χ0n) is 10.5. The summed E-state index contributed by atoms with van der Waals surface area (Å²) >= 11 is 0. The van der Waals surface area contributed by atoms with Gasteiger partial charge >= 0.3 is 0 Å². The summed E-state index contributed by atoms with van der Waals surface area (Å²) in [5.74, 6) is 2.76. The van der Waals surface area contributed by atoms with Crippen molar-refractivity contribution in [3.8, 4) is 12.3 Å². The zero-order chi connectivity index (χ0) is 11.6. The summed E-state index contributed by atoms with van der Waals surface area (Å²) in [6.45, 7) is 4.96. The van der Waals surface area contributed by atoms with Gasteiger partial charge in [0.25, 0.3) is 0 Å². The monoisotopic (exact) mass is 221 g/mol. The van der Waals surface area contributed by atoms with Crippen molar-refractivity contribution in [3.05, 3.63) is 0 Å². The fourth-order valence-corrected chi connectivity index (χ4v) is 2.85. The molecular formula is C14H23NO. The highest BCUT2D eigenvalue weighted by Crippen LogP contribution is 2.43. The van der Waals surface area contributed by atoms with E-state index in [1.807, 2.05) is 13.8 Å². The van der Waals surface area contributed by atoms with Crippen molar-refractivity contribution >= 4 is 0 Å². The smallest absolute Gasteiger partial charge is 0.0742 e. The van der Waals surface area contributed by atoms with Crippen LogP contribution >= 0.6 is 0 Å². The summed E-state index contributed by atoms with van der Waals surface area (Å²) in [6.07, 6.45) is 13.5. The first-order valence-electron chi connectivity index (χ1n) is 6.46. The molecule has 2 heteroatoms. The van der Waals surface area contributed by atoms with Crippen molar-refractivity contribution in [1.29, 1.82) is 0 Å². The Kier molecular flexibility index (Phi) is 3.28. The van der Waals surface area contributed by atoms with Crippen LogP contribution in [0.3, 0.4) is 0 Å². The largest absolute Gasteiger partial charge is 0.370 e. The van der Waals surface area contributed by atoms with Crippen molar-refractivity contribution in [2.45, 2.75) is 69.6 Å². The van der Waals surface area contributed by atoms with Gasteiger partial charge in [-0.2, -0.15) is 0 Å². The minimum absolute atomic E-state index is 0.214. The van der Waals surface area contributed by atoms with Gasteiger partial charge in [-0.25, -0.2) is 0 Å². The molecule has 90 valence electrons. The summed E-state index contributed by atoms with van der Waals surface area (Å²) in [5, 5.41) is 3.40. The summed E-state index contributed by atoms with van der Waals surface area (Å²) in [5.41, 5.74) is 0.0292. The van der Waals surface area contributed by atoms with Crippen molar-refractivity contribution in [2.75, 3.05) is 6.54 Å². The van der Waals surface area contributed by atoms with E-state index in [0.29, 0.717) is 6.10 Å². The predicted molar refractivity (Wildman–Crippen MR) is 66.2 cm³/mol. The van der Waals surface area contributed by atoms with E-state index in [9.17, 15) is 0 Å². The van der Waals surface area contributed by atoms with Crippen LogP contribution in [-0.2, 0) is 4.74 Å². The zero-order valence-corrected chi connectivity index (χ0v) is 10.5. The molecule has 2 aliphatic rings. The Morgan fingerprint density at radius 2 is 2.06 bits per heavy atom. The minimum atomic E-state index is -0.214. The highest BCUT2D eigenvalue weighted by Gasteiger charge is 2.42. The molecule has 0 radical (unpaired) electrons. The van der Waals surface area contributed by atoms with Crippen LogP contribution in [0.5, 0.6) is 0 Å². The molecule has 0 aromatic heterocycles. The molecule has 0 bridgehead atoms. The van der Waals surface area contributed by atoms with Crippen LogP contribution in [0.4, 0.5) is 0 Å². The van der Waals surface area contributed by atoms with Gasteiger partial charge in [-0.3, -0.25) is 5.32 Å². The molecule has 0 amide bonds. The van der Waals surface area contributed by atoms with Gasteiger partial charge in [-0.15, -0.1) is 6.42 Å². The molecule has 16 heavy (non-hydrogen) atoms. The van der Waals surface area contributed by atoms with Crippen molar-refractivity contribution < 1.29 is 4.74 Å². The maximum atomic E-state index is 6.22. The molecule has 0 aromatic carbocycles. The Morgan fingerprint density at radius 1 is 1.38 bits per heavy atom. The van der Waals surface area contributed by atoms with Crippen LogP contribution in [0.25, 0.3) is 0 Å². The SMILES string of the molecule is C#CC(C)(C)NCC1CCC2(CCCC2)O1. The molecule has 2 rings (SSSR count). The molecule has 1 atom stereocenters. The first-order valence-corrected chi connectivity index (χ1v) is 6.46. The van der Waals surface area contributed by atoms with Gasteiger partial charge in [0.1, 0.15) is 0 Å². The maximum Gasteiger partial charge on any atom is 0.0742 e. The number of nitrogens with one attached hydrogen (secondary N) is 1. The second-order valence-corrected chi connectivity index (χ2v) is 5.82. The van der Waals surface area contributed by atoms with E-state index in [1.54, 1.807) is 0 Å². The molecule has 2 nitrogen and oxygen atoms in total. The second kappa shape index (κ2) is 4.39. The number of rotatable bonds is 3. The summed E-state index contributed by atoms with van der Waals surface area (Å²) in [7, 11) is 0. The average molecular weight is 221 g/mol. The number of ether oxygens (including phenoxy) is 1. The Morgan fingerprint density at radius 3 is 2.69 bits per heavy atom. The summed E-state index contributed by atoms with van der Waals surface area (Å²) in [4.78, 5) is 0. The van der Waals surface area contributed by atoms with Crippen LogP contribution in [-0.4, -0.2) is 23.8 Å². The van der Waals surface area contributed by atoms with Gasteiger partial charge in [-0.1, -0.05) is 18.8 Å². The van der Waals surface area contributed by atoms with Crippen LogP contribution in [0, 0.1) is 12.3 Å². The van der Waals surface area contributed by atoms with Gasteiger partial charge < -0.3 is 4.74 Å². The van der Waals surface area contributed by atoms with Crippen molar-refractivity contribution in [2.24, 2.45) is 0 Å². The van der Waals surface area contributed by atoms with E-state index in [2.05, 4.69) is 11.2 Å². The van der Waals surface area contributed by atoms with Crippen LogP contribution in [0.2, 0.25) is 0 Å². The van der Waals surface area contributed by atoms with E-state index in [4.69, 9.17) is 11.2 Å². The third kappa shape index (κ3) is 2.59. The molecule has 1 unspecified atom stereocenters. The third-order valence-corrected chi connectivity index (χ3v) is 3.99.